The van der Waals surface area contributed by atoms with Gasteiger partial charge in [-0.2, -0.15) is 5.10 Å². The number of aromatic amines is 1. The molecular formula is C20H20N2O4. The van der Waals surface area contributed by atoms with Crippen molar-refractivity contribution >= 4 is 16.9 Å². The van der Waals surface area contributed by atoms with E-state index in [2.05, 4.69) is 10.2 Å². The summed E-state index contributed by atoms with van der Waals surface area (Å²) >= 11 is 0. The van der Waals surface area contributed by atoms with Crippen LogP contribution in [0.25, 0.3) is 22.0 Å². The SMILES string of the molecule is COC(=O)c1cc(-c2ccc(OCC3CCOC3)cc2)cc2[nH]ncc12. The molecule has 0 radical (unpaired) electrons. The summed E-state index contributed by atoms with van der Waals surface area (Å²) in [5.41, 5.74) is 3.20. The number of rotatable bonds is 5. The van der Waals surface area contributed by atoms with E-state index in [1.165, 1.54) is 7.11 Å². The highest BCUT2D eigenvalue weighted by Gasteiger charge is 2.17. The van der Waals surface area contributed by atoms with E-state index in [4.69, 9.17) is 14.2 Å². The largest absolute Gasteiger partial charge is 0.493 e. The Bertz CT molecular complexity index is 911. The molecule has 1 fully saturated rings. The summed E-state index contributed by atoms with van der Waals surface area (Å²) in [6, 6.07) is 11.7. The Hall–Kier alpha value is -2.86. The maximum absolute atomic E-state index is 12.1. The third kappa shape index (κ3) is 3.28. The lowest BCUT2D eigenvalue weighted by molar-refractivity contribution is 0.0603. The lowest BCUT2D eigenvalue weighted by Crippen LogP contribution is -2.11. The summed E-state index contributed by atoms with van der Waals surface area (Å²) < 4.78 is 16.1. The first-order valence-corrected chi connectivity index (χ1v) is 8.61. The predicted octanol–water partition coefficient (Wildman–Crippen LogP) is 3.43. The predicted molar refractivity (Wildman–Crippen MR) is 97.3 cm³/mol. The minimum Gasteiger partial charge on any atom is -0.493 e. The minimum atomic E-state index is -0.378. The number of esters is 1. The number of nitrogens with one attached hydrogen (secondary N) is 1. The van der Waals surface area contributed by atoms with Gasteiger partial charge < -0.3 is 14.2 Å². The van der Waals surface area contributed by atoms with Crippen LogP contribution >= 0.6 is 0 Å². The fraction of sp³-hybridized carbons (Fsp3) is 0.300. The van der Waals surface area contributed by atoms with Crippen molar-refractivity contribution in [3.8, 4) is 16.9 Å². The van der Waals surface area contributed by atoms with Crippen LogP contribution in [0.5, 0.6) is 5.75 Å². The van der Waals surface area contributed by atoms with E-state index >= 15 is 0 Å². The Kier molecular flexibility index (Phi) is 4.58. The summed E-state index contributed by atoms with van der Waals surface area (Å²) in [6.45, 7) is 2.27. The summed E-state index contributed by atoms with van der Waals surface area (Å²) in [4.78, 5) is 12.1. The highest BCUT2D eigenvalue weighted by molar-refractivity contribution is 6.05. The number of ether oxygens (including phenoxy) is 3. The van der Waals surface area contributed by atoms with Crippen molar-refractivity contribution in [1.82, 2.24) is 10.2 Å². The number of aromatic nitrogens is 2. The number of benzene rings is 2. The highest BCUT2D eigenvalue weighted by Crippen LogP contribution is 2.29. The van der Waals surface area contributed by atoms with Crippen molar-refractivity contribution in [3.63, 3.8) is 0 Å². The number of fused-ring (bicyclic) bond motifs is 1. The molecule has 6 nitrogen and oxygen atoms in total. The molecule has 1 N–H and O–H groups in total. The number of hydrogen-bond donors (Lipinski definition) is 1. The molecule has 2 aromatic carbocycles. The monoisotopic (exact) mass is 352 g/mol. The maximum Gasteiger partial charge on any atom is 0.338 e. The first-order valence-electron chi connectivity index (χ1n) is 8.61. The molecule has 0 bridgehead atoms. The average Bonchev–Trinajstić information content (AvgIpc) is 3.36. The zero-order valence-corrected chi connectivity index (χ0v) is 14.5. The summed E-state index contributed by atoms with van der Waals surface area (Å²) in [6.07, 6.45) is 2.69. The molecular weight excluding hydrogens is 332 g/mol. The van der Waals surface area contributed by atoms with Crippen LogP contribution in [0.2, 0.25) is 0 Å². The van der Waals surface area contributed by atoms with Gasteiger partial charge in [-0.25, -0.2) is 4.79 Å². The van der Waals surface area contributed by atoms with Gasteiger partial charge >= 0.3 is 5.97 Å². The van der Waals surface area contributed by atoms with E-state index in [1.807, 2.05) is 36.4 Å². The Morgan fingerprint density at radius 1 is 1.27 bits per heavy atom. The molecule has 3 aromatic rings. The van der Waals surface area contributed by atoms with E-state index in [0.29, 0.717) is 18.1 Å². The zero-order valence-electron chi connectivity index (χ0n) is 14.5. The molecule has 2 heterocycles. The van der Waals surface area contributed by atoms with E-state index in [1.54, 1.807) is 6.20 Å². The molecule has 6 heteroatoms. The second-order valence-corrected chi connectivity index (χ2v) is 6.41. The second-order valence-electron chi connectivity index (χ2n) is 6.41. The van der Waals surface area contributed by atoms with Crippen molar-refractivity contribution in [1.29, 1.82) is 0 Å². The van der Waals surface area contributed by atoms with Crippen molar-refractivity contribution in [2.45, 2.75) is 6.42 Å². The Labute approximate surface area is 151 Å². The van der Waals surface area contributed by atoms with Gasteiger partial charge in [0, 0.05) is 17.9 Å². The van der Waals surface area contributed by atoms with Crippen LogP contribution in [-0.4, -0.2) is 43.1 Å². The van der Waals surface area contributed by atoms with E-state index in [-0.39, 0.29) is 5.97 Å². The number of nitrogens with zero attached hydrogens (tertiary/aromatic N) is 1. The molecule has 0 aliphatic carbocycles. The number of carbonyl (C=O) groups excluding carboxylic acids is 1. The van der Waals surface area contributed by atoms with Crippen LogP contribution in [-0.2, 0) is 9.47 Å². The molecule has 134 valence electrons. The molecule has 1 atom stereocenters. The highest BCUT2D eigenvalue weighted by atomic mass is 16.5. The zero-order chi connectivity index (χ0) is 17.9. The van der Waals surface area contributed by atoms with Crippen LogP contribution in [0.15, 0.2) is 42.6 Å². The molecule has 4 rings (SSSR count). The standard InChI is InChI=1S/C20H20N2O4/c1-24-20(23)17-8-15(9-19-18(17)10-21-22-19)14-2-4-16(5-3-14)26-12-13-6-7-25-11-13/h2-5,8-10,13H,6-7,11-12H2,1H3,(H,21,22). The van der Waals surface area contributed by atoms with Crippen LogP contribution in [0.4, 0.5) is 0 Å². The first kappa shape index (κ1) is 16.6. The van der Waals surface area contributed by atoms with Crippen molar-refractivity contribution < 1.29 is 19.0 Å². The molecule has 1 unspecified atom stereocenters. The van der Waals surface area contributed by atoms with Crippen LogP contribution in [0.3, 0.4) is 0 Å². The van der Waals surface area contributed by atoms with Gasteiger partial charge in [0.15, 0.2) is 0 Å². The molecule has 1 saturated heterocycles. The molecule has 0 saturated carbocycles. The number of methoxy groups -OCH3 is 1. The Morgan fingerprint density at radius 3 is 2.85 bits per heavy atom. The fourth-order valence-corrected chi connectivity index (χ4v) is 3.17. The Morgan fingerprint density at radius 2 is 2.12 bits per heavy atom. The van der Waals surface area contributed by atoms with Crippen molar-refractivity contribution in [2.24, 2.45) is 5.92 Å². The molecule has 1 aromatic heterocycles. The van der Waals surface area contributed by atoms with Crippen LogP contribution in [0, 0.1) is 5.92 Å². The summed E-state index contributed by atoms with van der Waals surface area (Å²) in [7, 11) is 1.38. The van der Waals surface area contributed by atoms with Gasteiger partial charge in [0.1, 0.15) is 5.75 Å². The Balaban J connectivity index is 1.57. The second kappa shape index (κ2) is 7.17. The lowest BCUT2D eigenvalue weighted by Gasteiger charge is -2.11. The molecule has 0 spiro atoms. The molecule has 1 aliphatic heterocycles. The smallest absolute Gasteiger partial charge is 0.338 e. The third-order valence-electron chi connectivity index (χ3n) is 4.66. The van der Waals surface area contributed by atoms with Gasteiger partial charge in [0.05, 0.1) is 37.6 Å². The quantitative estimate of drug-likeness (QED) is 0.712. The normalized spacial score (nSPS) is 16.7. The number of H-pyrrole nitrogens is 1. The van der Waals surface area contributed by atoms with Gasteiger partial charge in [-0.1, -0.05) is 12.1 Å². The summed E-state index contributed by atoms with van der Waals surface area (Å²) in [5.74, 6) is 0.925. The number of carbonyl (C=O) groups is 1. The van der Waals surface area contributed by atoms with E-state index in [9.17, 15) is 4.79 Å². The molecule has 0 amide bonds. The molecule has 26 heavy (non-hydrogen) atoms. The van der Waals surface area contributed by atoms with E-state index in [0.717, 1.165) is 47.4 Å². The minimum absolute atomic E-state index is 0.378. The van der Waals surface area contributed by atoms with Gasteiger partial charge in [-0.3, -0.25) is 5.10 Å². The lowest BCUT2D eigenvalue weighted by atomic mass is 10.00. The van der Waals surface area contributed by atoms with Gasteiger partial charge in [0.25, 0.3) is 0 Å². The van der Waals surface area contributed by atoms with Gasteiger partial charge in [0.2, 0.25) is 0 Å². The van der Waals surface area contributed by atoms with Crippen molar-refractivity contribution in [3.05, 3.63) is 48.2 Å². The maximum atomic E-state index is 12.1. The van der Waals surface area contributed by atoms with Gasteiger partial charge in [-0.15, -0.1) is 0 Å². The average molecular weight is 352 g/mol. The topological polar surface area (TPSA) is 73.4 Å². The van der Waals surface area contributed by atoms with Gasteiger partial charge in [-0.05, 0) is 41.8 Å². The fourth-order valence-electron chi connectivity index (χ4n) is 3.17. The van der Waals surface area contributed by atoms with Crippen LogP contribution < -0.4 is 4.74 Å². The third-order valence-corrected chi connectivity index (χ3v) is 4.66. The first-order chi connectivity index (χ1) is 12.7. The van der Waals surface area contributed by atoms with E-state index < -0.39 is 0 Å². The summed E-state index contributed by atoms with van der Waals surface area (Å²) in [5, 5.41) is 7.69. The molecule has 1 aliphatic rings. The number of hydrogen-bond acceptors (Lipinski definition) is 5. The van der Waals surface area contributed by atoms with Crippen molar-refractivity contribution in [2.75, 3.05) is 26.9 Å². The van der Waals surface area contributed by atoms with Crippen LogP contribution in [0.1, 0.15) is 16.8 Å².